The van der Waals surface area contributed by atoms with Crippen LogP contribution >= 0.6 is 0 Å². The Bertz CT molecular complexity index is 934. The number of nitrogens with zero attached hydrogens (tertiary/aromatic N) is 3. The fourth-order valence-corrected chi connectivity index (χ4v) is 4.79. The molecule has 3 N–H and O–H groups in total. The number of carbonyl (C=O) groups is 1. The molecule has 1 amide bonds. The van der Waals surface area contributed by atoms with E-state index in [0.29, 0.717) is 30.2 Å². The summed E-state index contributed by atoms with van der Waals surface area (Å²) in [7, 11) is 0. The van der Waals surface area contributed by atoms with Gasteiger partial charge in [-0.15, -0.1) is 0 Å². The van der Waals surface area contributed by atoms with E-state index in [1.807, 2.05) is 13.8 Å². The summed E-state index contributed by atoms with van der Waals surface area (Å²) in [6, 6.07) is 5.72. The van der Waals surface area contributed by atoms with Crippen molar-refractivity contribution in [2.24, 2.45) is 5.92 Å². The molecule has 0 radical (unpaired) electrons. The first-order valence-corrected chi connectivity index (χ1v) is 10.5. The molecule has 1 aromatic heterocycles. The fourth-order valence-electron chi connectivity index (χ4n) is 4.79. The highest BCUT2D eigenvalue weighted by Crippen LogP contribution is 2.44. The molecular weight excluding hydrogens is 383 g/mol. The molecule has 1 aliphatic carbocycles. The summed E-state index contributed by atoms with van der Waals surface area (Å²) >= 11 is 0. The van der Waals surface area contributed by atoms with Crippen molar-refractivity contribution in [1.29, 1.82) is 5.26 Å². The minimum absolute atomic E-state index is 0.0712. The van der Waals surface area contributed by atoms with Crippen LogP contribution in [0.1, 0.15) is 38.7 Å². The van der Waals surface area contributed by atoms with Crippen LogP contribution < -0.4 is 16.0 Å². The van der Waals surface area contributed by atoms with Crippen molar-refractivity contribution in [3.63, 3.8) is 0 Å². The standard InChI is InChI=1S/C22H27FN6O/c1-3-25-18-10-15(23)9-17-20(18)28-21(30)22(17,2)29-8-4-5-16(13-29)27-19-7-6-14(11-24)12-26-19/h6-7,10,12,16-17,25H,3-5,8-9,13H2,1-2H3,(H,26,27)(H,28,30)/t16-,17?,22?/m1/s1. The summed E-state index contributed by atoms with van der Waals surface area (Å²) in [5, 5.41) is 18.6. The van der Waals surface area contributed by atoms with Crippen LogP contribution in [0.15, 0.2) is 41.6 Å². The van der Waals surface area contributed by atoms with Crippen molar-refractivity contribution in [3.8, 4) is 6.07 Å². The molecule has 7 nitrogen and oxygen atoms in total. The molecule has 0 spiro atoms. The van der Waals surface area contributed by atoms with Gasteiger partial charge in [-0.2, -0.15) is 5.26 Å². The van der Waals surface area contributed by atoms with Crippen molar-refractivity contribution < 1.29 is 9.18 Å². The zero-order chi connectivity index (χ0) is 21.3. The third-order valence-corrected chi connectivity index (χ3v) is 6.42. The Labute approximate surface area is 176 Å². The summed E-state index contributed by atoms with van der Waals surface area (Å²) in [5.41, 5.74) is 1.19. The van der Waals surface area contributed by atoms with Gasteiger partial charge in [0.15, 0.2) is 0 Å². The second kappa shape index (κ2) is 8.07. The lowest BCUT2D eigenvalue weighted by atomic mass is 9.78. The van der Waals surface area contributed by atoms with Gasteiger partial charge in [0.05, 0.1) is 11.3 Å². The van der Waals surface area contributed by atoms with E-state index in [1.54, 1.807) is 18.3 Å². The smallest absolute Gasteiger partial charge is 0.245 e. The normalized spacial score (nSPS) is 29.0. The largest absolute Gasteiger partial charge is 0.384 e. The van der Waals surface area contributed by atoms with E-state index in [0.717, 1.165) is 25.1 Å². The lowest BCUT2D eigenvalue weighted by Crippen LogP contribution is -2.59. The number of nitrogens with one attached hydrogen (secondary N) is 3. The molecule has 8 heteroatoms. The minimum atomic E-state index is -0.806. The van der Waals surface area contributed by atoms with Gasteiger partial charge in [-0.3, -0.25) is 9.69 Å². The number of allylic oxidation sites excluding steroid dienone is 2. The number of hydrogen-bond donors (Lipinski definition) is 3. The van der Waals surface area contributed by atoms with E-state index in [-0.39, 0.29) is 30.1 Å². The highest BCUT2D eigenvalue weighted by molar-refractivity contribution is 5.92. The number of carbonyl (C=O) groups excluding carboxylic acids is 1. The quantitative estimate of drug-likeness (QED) is 0.690. The van der Waals surface area contributed by atoms with Crippen LogP contribution in [0.3, 0.4) is 0 Å². The number of rotatable bonds is 5. The number of aromatic nitrogens is 1. The Morgan fingerprint density at radius 1 is 1.47 bits per heavy atom. The molecule has 3 heterocycles. The average Bonchev–Trinajstić information content (AvgIpc) is 3.01. The maximum absolute atomic E-state index is 14.4. The fraction of sp³-hybridized carbons (Fsp3) is 0.500. The summed E-state index contributed by atoms with van der Waals surface area (Å²) in [4.78, 5) is 19.6. The van der Waals surface area contributed by atoms with Crippen LogP contribution in [0.25, 0.3) is 0 Å². The summed E-state index contributed by atoms with van der Waals surface area (Å²) in [5.74, 6) is 0.202. The molecule has 0 saturated carbocycles. The van der Waals surface area contributed by atoms with Gasteiger partial charge in [0, 0.05) is 43.4 Å². The molecule has 30 heavy (non-hydrogen) atoms. The van der Waals surface area contributed by atoms with Gasteiger partial charge in [-0.05, 0) is 51.4 Å². The molecule has 4 rings (SSSR count). The summed E-state index contributed by atoms with van der Waals surface area (Å²) in [6.45, 7) is 6.00. The third kappa shape index (κ3) is 3.54. The lowest BCUT2D eigenvalue weighted by Gasteiger charge is -2.45. The zero-order valence-electron chi connectivity index (χ0n) is 17.3. The van der Waals surface area contributed by atoms with Crippen LogP contribution in [0.5, 0.6) is 0 Å². The first kappa shape index (κ1) is 20.4. The molecule has 2 fully saturated rings. The van der Waals surface area contributed by atoms with Crippen molar-refractivity contribution >= 4 is 11.7 Å². The Morgan fingerprint density at radius 2 is 2.30 bits per heavy atom. The monoisotopic (exact) mass is 410 g/mol. The molecule has 3 atom stereocenters. The molecule has 2 saturated heterocycles. The Balaban J connectivity index is 1.54. The molecule has 158 valence electrons. The number of hydrogen-bond acceptors (Lipinski definition) is 6. The molecule has 2 unspecified atom stereocenters. The molecule has 1 aromatic rings. The van der Waals surface area contributed by atoms with Crippen LogP contribution in [-0.4, -0.2) is 47.0 Å². The van der Waals surface area contributed by atoms with Crippen LogP contribution in [-0.2, 0) is 4.79 Å². The Kier molecular flexibility index (Phi) is 5.48. The van der Waals surface area contributed by atoms with E-state index in [9.17, 15) is 9.18 Å². The molecular formula is C22H27FN6O. The van der Waals surface area contributed by atoms with Gasteiger partial charge in [0.25, 0.3) is 0 Å². The third-order valence-electron chi connectivity index (χ3n) is 6.42. The number of likely N-dealkylation sites (N-methyl/N-ethyl adjacent to an activating group) is 1. The zero-order valence-corrected chi connectivity index (χ0v) is 17.3. The number of amides is 1. The summed E-state index contributed by atoms with van der Waals surface area (Å²) in [6.07, 6.45) is 5.16. The SMILES string of the molecule is CCNC1=C2NC(=O)C(C)(N3CCC[C@@H](Nc4ccc(C#N)cn4)C3)C2CC(F)=C1. The topological polar surface area (TPSA) is 93.1 Å². The van der Waals surface area contributed by atoms with Crippen LogP contribution in [0.2, 0.25) is 0 Å². The highest BCUT2D eigenvalue weighted by atomic mass is 19.1. The summed E-state index contributed by atoms with van der Waals surface area (Å²) < 4.78 is 14.4. The predicted octanol–water partition coefficient (Wildman–Crippen LogP) is 2.41. The number of halogens is 1. The molecule has 0 aromatic carbocycles. The number of likely N-dealkylation sites (tertiary alicyclic amines) is 1. The van der Waals surface area contributed by atoms with Crippen molar-refractivity contribution in [1.82, 2.24) is 20.5 Å². The number of piperidine rings is 1. The maximum Gasteiger partial charge on any atom is 0.245 e. The Hall–Kier alpha value is -2.92. The Morgan fingerprint density at radius 3 is 3.00 bits per heavy atom. The first-order valence-electron chi connectivity index (χ1n) is 10.5. The van der Waals surface area contributed by atoms with Crippen molar-refractivity contribution in [3.05, 3.63) is 47.2 Å². The second-order valence-electron chi connectivity index (χ2n) is 8.28. The number of fused-ring (bicyclic) bond motifs is 1. The van der Waals surface area contributed by atoms with E-state index < -0.39 is 5.54 Å². The maximum atomic E-state index is 14.4. The van der Waals surface area contributed by atoms with Crippen LogP contribution in [0, 0.1) is 17.2 Å². The van der Waals surface area contributed by atoms with Crippen LogP contribution in [0.4, 0.5) is 10.2 Å². The molecule has 2 aliphatic heterocycles. The van der Waals surface area contributed by atoms with Crippen molar-refractivity contribution in [2.75, 3.05) is 25.0 Å². The minimum Gasteiger partial charge on any atom is -0.384 e. The highest BCUT2D eigenvalue weighted by Gasteiger charge is 2.55. The second-order valence-corrected chi connectivity index (χ2v) is 8.28. The number of nitriles is 1. The van der Waals surface area contributed by atoms with Gasteiger partial charge >= 0.3 is 0 Å². The van der Waals surface area contributed by atoms with Gasteiger partial charge in [0.1, 0.15) is 23.3 Å². The molecule has 3 aliphatic rings. The van der Waals surface area contributed by atoms with E-state index in [1.165, 1.54) is 6.08 Å². The number of pyridine rings is 1. The van der Waals surface area contributed by atoms with E-state index >= 15 is 0 Å². The first-order chi connectivity index (χ1) is 14.5. The van der Waals surface area contributed by atoms with Crippen molar-refractivity contribution in [2.45, 2.75) is 44.7 Å². The van der Waals surface area contributed by atoms with Gasteiger partial charge in [0.2, 0.25) is 5.91 Å². The van der Waals surface area contributed by atoms with Gasteiger partial charge < -0.3 is 16.0 Å². The average molecular weight is 410 g/mol. The predicted molar refractivity (Wildman–Crippen MR) is 112 cm³/mol. The number of anilines is 1. The lowest BCUT2D eigenvalue weighted by molar-refractivity contribution is -0.131. The van der Waals surface area contributed by atoms with E-state index in [2.05, 4.69) is 31.9 Å². The van der Waals surface area contributed by atoms with Gasteiger partial charge in [-0.25, -0.2) is 9.37 Å². The molecule has 0 bridgehead atoms. The van der Waals surface area contributed by atoms with Gasteiger partial charge in [-0.1, -0.05) is 0 Å². The van der Waals surface area contributed by atoms with E-state index in [4.69, 9.17) is 5.26 Å².